The Kier molecular flexibility index (Phi) is 24.3. The maximum absolute atomic E-state index is 10.4. The van der Waals surface area contributed by atoms with Crippen molar-refractivity contribution in [2.24, 2.45) is 0 Å². The first-order valence-corrected chi connectivity index (χ1v) is 27.1. The molecule has 6 rings (SSSR count). The second-order valence-corrected chi connectivity index (χ2v) is 28.0. The van der Waals surface area contributed by atoms with Crippen molar-refractivity contribution < 1.29 is 30.6 Å². The Morgan fingerprint density at radius 1 is 0.276 bits per heavy atom. The summed E-state index contributed by atoms with van der Waals surface area (Å²) in [5.41, 5.74) is 11.6. The fourth-order valence-electron chi connectivity index (χ4n) is 7.84. The van der Waals surface area contributed by atoms with Gasteiger partial charge in [0.1, 0.15) is 28.7 Å². The number of aromatic hydroxyl groups is 6. The maximum Gasteiger partial charge on any atom is 0.152 e. The van der Waals surface area contributed by atoms with Gasteiger partial charge in [-0.05, 0) is 139 Å². The summed E-state index contributed by atoms with van der Waals surface area (Å²) in [4.78, 5) is 0. The van der Waals surface area contributed by atoms with Gasteiger partial charge in [0, 0.05) is 0 Å². The molecule has 6 N–H and O–H groups in total. The molecule has 0 amide bonds. The largest absolute Gasteiger partial charge is 0.508 e. The fraction of sp³-hybridized carbons (Fsp3) is 0.471. The Bertz CT molecular complexity index is 2630. The van der Waals surface area contributed by atoms with Crippen LogP contribution in [0.2, 0.25) is 10.0 Å². The number of hydrogen-bond acceptors (Lipinski definition) is 6. The van der Waals surface area contributed by atoms with Crippen molar-refractivity contribution in [3.8, 4) is 34.5 Å². The first-order chi connectivity index (χ1) is 34.1. The molecule has 0 radical (unpaired) electrons. The van der Waals surface area contributed by atoms with Gasteiger partial charge in [-0.25, -0.2) is 0 Å². The lowest BCUT2D eigenvalue weighted by atomic mass is 9.78. The van der Waals surface area contributed by atoms with Crippen LogP contribution >= 0.6 is 23.2 Å². The molecule has 0 aliphatic heterocycles. The number of para-hydroxylation sites is 4. The molecule has 0 bridgehead atoms. The molecule has 6 aromatic carbocycles. The summed E-state index contributed by atoms with van der Waals surface area (Å²) in [5, 5.41) is 58.9. The average Bonchev–Trinajstić information content (AvgIpc) is 3.25. The maximum atomic E-state index is 10.4. The lowest BCUT2D eigenvalue weighted by Crippen LogP contribution is -2.17. The van der Waals surface area contributed by atoms with Crippen LogP contribution in [0, 0.1) is 27.7 Å². The second-order valence-electron chi connectivity index (χ2n) is 27.2. The summed E-state index contributed by atoms with van der Waals surface area (Å²) in [5.74, 6) is 2.11. The molecule has 0 aliphatic carbocycles. The molecule has 0 saturated heterocycles. The van der Waals surface area contributed by atoms with Crippen molar-refractivity contribution in [2.45, 2.75) is 211 Å². The third-order valence-corrected chi connectivity index (χ3v) is 13.2. The predicted molar refractivity (Wildman–Crippen MR) is 329 cm³/mol. The van der Waals surface area contributed by atoms with Crippen LogP contribution in [0.4, 0.5) is 0 Å². The van der Waals surface area contributed by atoms with Gasteiger partial charge in [0.25, 0.3) is 0 Å². The molecule has 0 aromatic heterocycles. The van der Waals surface area contributed by atoms with Crippen LogP contribution < -0.4 is 0 Å². The summed E-state index contributed by atoms with van der Waals surface area (Å²) >= 11 is 11.0. The molecule has 420 valence electrons. The van der Waals surface area contributed by atoms with Crippen LogP contribution in [0.3, 0.4) is 0 Å². The molecule has 6 nitrogen and oxygen atoms in total. The Labute approximate surface area is 471 Å². The zero-order valence-electron chi connectivity index (χ0n) is 51.3. The first-order valence-electron chi connectivity index (χ1n) is 26.3. The smallest absolute Gasteiger partial charge is 0.152 e. The van der Waals surface area contributed by atoms with E-state index in [0.717, 1.165) is 50.1 Å². The molecule has 0 unspecified atom stereocenters. The van der Waals surface area contributed by atoms with Gasteiger partial charge in [-0.1, -0.05) is 259 Å². The fourth-order valence-corrected chi connectivity index (χ4v) is 8.24. The summed E-state index contributed by atoms with van der Waals surface area (Å²) in [6.45, 7) is 52.5. The highest BCUT2D eigenvalue weighted by Crippen LogP contribution is 2.41. The zero-order valence-corrected chi connectivity index (χ0v) is 52.8. The van der Waals surface area contributed by atoms with Crippen molar-refractivity contribution >= 4 is 23.2 Å². The van der Waals surface area contributed by atoms with E-state index in [9.17, 15) is 25.5 Å². The van der Waals surface area contributed by atoms with Crippen molar-refractivity contribution in [3.63, 3.8) is 0 Å². The second kappa shape index (κ2) is 26.8. The Hall–Kier alpha value is -5.30. The molecule has 0 atom stereocenters. The molecular formula is C68H98Cl2O6. The number of aryl methyl sites for hydroxylation is 4. The van der Waals surface area contributed by atoms with E-state index in [4.69, 9.17) is 28.3 Å². The topological polar surface area (TPSA) is 121 Å². The molecule has 76 heavy (non-hydrogen) atoms. The van der Waals surface area contributed by atoms with Crippen molar-refractivity contribution in [1.82, 2.24) is 0 Å². The number of hydrogen-bond donors (Lipinski definition) is 6. The minimum absolute atomic E-state index is 0.00859. The van der Waals surface area contributed by atoms with Gasteiger partial charge < -0.3 is 30.6 Å². The molecular weight excluding hydrogens is 984 g/mol. The highest BCUT2D eigenvalue weighted by molar-refractivity contribution is 6.37. The molecule has 6 aromatic rings. The summed E-state index contributed by atoms with van der Waals surface area (Å²) < 4.78 is 0. The molecule has 8 heteroatoms. The molecule has 0 fully saturated rings. The molecule has 0 saturated carbocycles. The van der Waals surface area contributed by atoms with Gasteiger partial charge >= 0.3 is 0 Å². The number of phenols is 6. The van der Waals surface area contributed by atoms with E-state index in [1.807, 2.05) is 81.4 Å². The monoisotopic (exact) mass is 1080 g/mol. The van der Waals surface area contributed by atoms with E-state index >= 15 is 0 Å². The minimum atomic E-state index is -0.0548. The van der Waals surface area contributed by atoms with Crippen LogP contribution in [0.25, 0.3) is 0 Å². The summed E-state index contributed by atoms with van der Waals surface area (Å²) in [6.07, 6.45) is 0. The van der Waals surface area contributed by atoms with Gasteiger partial charge in [-0.2, -0.15) is 0 Å². The van der Waals surface area contributed by atoms with Crippen molar-refractivity contribution in [3.05, 3.63) is 174 Å². The quantitative estimate of drug-likeness (QED) is 0.0901. The van der Waals surface area contributed by atoms with Gasteiger partial charge in [0.2, 0.25) is 0 Å². The van der Waals surface area contributed by atoms with Gasteiger partial charge in [0.15, 0.2) is 5.75 Å². The first kappa shape index (κ1) is 68.7. The van der Waals surface area contributed by atoms with Crippen LogP contribution in [0.15, 0.2) is 103 Å². The standard InChI is InChI=1S/C15H24O.2C14H22O.C11H16O.C8H10O.C6H4Cl2O/c1-10-8-11(14(2,3)4)13(16)12(9-10)15(5,6)7;1-13(2,3)10-7-8-12(15)11(9-10)14(4,5)6;1-13(2,3)10-8-7-9-11(12(10)15)14(4,5)6;1-8-6-5-7-9(10(8)12)11(2,3)4;1-6-4-3-5-7(2)8(6)9;7-4-2-1-3-5(8)6(4)9/h8-9,16H,1-7H3;2*7-9,15H,1-6H3;5-7,12H,1-4H3;3-5,9H,1-2H3;1-3,9H. The lowest BCUT2D eigenvalue weighted by molar-refractivity contribution is 0.422. The summed E-state index contributed by atoms with van der Waals surface area (Å²) in [6, 6.07) is 32.6. The van der Waals surface area contributed by atoms with Crippen molar-refractivity contribution in [1.29, 1.82) is 0 Å². The number of phenolic OH excluding ortho intramolecular Hbond substituents is 6. The van der Waals surface area contributed by atoms with Gasteiger partial charge in [-0.15, -0.1) is 0 Å². The van der Waals surface area contributed by atoms with E-state index in [0.29, 0.717) is 28.7 Å². The highest BCUT2D eigenvalue weighted by Gasteiger charge is 2.27. The number of benzene rings is 6. The molecule has 0 heterocycles. The van der Waals surface area contributed by atoms with E-state index in [-0.39, 0.29) is 53.7 Å². The normalized spacial score (nSPS) is 11.9. The molecule has 0 spiro atoms. The Morgan fingerprint density at radius 3 is 0.868 bits per heavy atom. The third-order valence-electron chi connectivity index (χ3n) is 12.6. The van der Waals surface area contributed by atoms with Crippen molar-refractivity contribution in [2.75, 3.05) is 0 Å². The van der Waals surface area contributed by atoms with E-state index in [1.165, 1.54) is 11.1 Å². The van der Waals surface area contributed by atoms with Crippen LogP contribution in [-0.2, 0) is 37.9 Å². The van der Waals surface area contributed by atoms with Gasteiger partial charge in [-0.3, -0.25) is 0 Å². The van der Waals surface area contributed by atoms with Gasteiger partial charge in [0.05, 0.1) is 10.0 Å². The van der Waals surface area contributed by atoms with Crippen LogP contribution in [0.1, 0.15) is 207 Å². The van der Waals surface area contributed by atoms with E-state index in [2.05, 4.69) is 171 Å². The summed E-state index contributed by atoms with van der Waals surface area (Å²) in [7, 11) is 0. The highest BCUT2D eigenvalue weighted by atomic mass is 35.5. The average molecular weight is 1080 g/mol. The van der Waals surface area contributed by atoms with Crippen LogP contribution in [-0.4, -0.2) is 30.6 Å². The van der Waals surface area contributed by atoms with Crippen LogP contribution in [0.5, 0.6) is 34.5 Å². The minimum Gasteiger partial charge on any atom is -0.508 e. The number of halogens is 2. The third kappa shape index (κ3) is 21.3. The van der Waals surface area contributed by atoms with E-state index in [1.54, 1.807) is 24.3 Å². The molecule has 0 aliphatic rings. The number of rotatable bonds is 0. The Morgan fingerprint density at radius 2 is 0.566 bits per heavy atom. The van der Waals surface area contributed by atoms with E-state index < -0.39 is 0 Å². The predicted octanol–water partition coefficient (Wildman–Crippen LogP) is 20.0. The SMILES string of the molecule is CC(C)(C)c1ccc(O)c(C(C)(C)C)c1.CC(C)(C)c1cccc(C(C)(C)C)c1O.Cc1cc(C(C)(C)C)c(O)c(C(C)(C)C)c1.Cc1cccc(C(C)(C)C)c1O.Cc1cccc(C)c1O.Oc1c(Cl)cccc1Cl. The lowest BCUT2D eigenvalue weighted by Gasteiger charge is -2.27. The Balaban J connectivity index is 0.000000462. The zero-order chi connectivity index (χ0) is 59.5.